The van der Waals surface area contributed by atoms with Crippen LogP contribution in [0.1, 0.15) is 0 Å². The summed E-state index contributed by atoms with van der Waals surface area (Å²) in [5.74, 6) is 0. The standard InChI is InChI=1S/C8H4ClIN2/c9-5-1-2-6-8(7(5)10)12-4-3-11-6/h1-4H. The van der Waals surface area contributed by atoms with Crippen molar-refractivity contribution < 1.29 is 0 Å². The first-order valence-electron chi connectivity index (χ1n) is 3.34. The zero-order valence-corrected chi connectivity index (χ0v) is 8.87. The van der Waals surface area contributed by atoms with Gasteiger partial charge < -0.3 is 0 Å². The normalized spacial score (nSPS) is 10.5. The molecule has 0 atom stereocenters. The van der Waals surface area contributed by atoms with Crippen molar-refractivity contribution in [3.63, 3.8) is 0 Å². The number of hydrogen-bond acceptors (Lipinski definition) is 2. The predicted molar refractivity (Wildman–Crippen MR) is 57.3 cm³/mol. The van der Waals surface area contributed by atoms with Gasteiger partial charge in [0.25, 0.3) is 0 Å². The summed E-state index contributed by atoms with van der Waals surface area (Å²) in [6, 6.07) is 3.70. The van der Waals surface area contributed by atoms with Gasteiger partial charge in [-0.3, -0.25) is 9.97 Å². The molecule has 0 saturated heterocycles. The molecule has 60 valence electrons. The molecule has 0 aliphatic heterocycles. The fourth-order valence-electron chi connectivity index (χ4n) is 0.978. The van der Waals surface area contributed by atoms with E-state index in [9.17, 15) is 0 Å². The molecule has 0 spiro atoms. The van der Waals surface area contributed by atoms with Crippen molar-refractivity contribution >= 4 is 45.2 Å². The van der Waals surface area contributed by atoms with E-state index in [1.807, 2.05) is 12.1 Å². The van der Waals surface area contributed by atoms with Crippen LogP contribution in [-0.2, 0) is 0 Å². The Labute approximate surface area is 88.1 Å². The van der Waals surface area contributed by atoms with Gasteiger partial charge in [-0.25, -0.2) is 0 Å². The number of nitrogens with zero attached hydrogens (tertiary/aromatic N) is 2. The molecule has 12 heavy (non-hydrogen) atoms. The van der Waals surface area contributed by atoms with Crippen LogP contribution in [0.3, 0.4) is 0 Å². The number of halogens is 2. The van der Waals surface area contributed by atoms with E-state index in [0.29, 0.717) is 0 Å². The van der Waals surface area contributed by atoms with E-state index in [4.69, 9.17) is 11.6 Å². The van der Waals surface area contributed by atoms with Crippen molar-refractivity contribution in [1.82, 2.24) is 9.97 Å². The summed E-state index contributed by atoms with van der Waals surface area (Å²) in [6.45, 7) is 0. The Kier molecular flexibility index (Phi) is 2.14. The Bertz CT molecular complexity index is 430. The number of aromatic nitrogens is 2. The zero-order chi connectivity index (χ0) is 8.55. The highest BCUT2D eigenvalue weighted by Gasteiger charge is 2.03. The lowest BCUT2D eigenvalue weighted by molar-refractivity contribution is 1.29. The number of benzene rings is 1. The van der Waals surface area contributed by atoms with Gasteiger partial charge in [0.1, 0.15) is 5.52 Å². The SMILES string of the molecule is Clc1ccc2nccnc2c1I. The second-order valence-electron chi connectivity index (χ2n) is 2.29. The summed E-state index contributed by atoms with van der Waals surface area (Å²) >= 11 is 8.08. The summed E-state index contributed by atoms with van der Waals surface area (Å²) < 4.78 is 0.958. The van der Waals surface area contributed by atoms with Gasteiger partial charge in [-0.05, 0) is 34.7 Å². The number of hydrogen-bond donors (Lipinski definition) is 0. The van der Waals surface area contributed by atoms with Crippen LogP contribution in [-0.4, -0.2) is 9.97 Å². The maximum Gasteiger partial charge on any atom is 0.103 e. The highest BCUT2D eigenvalue weighted by atomic mass is 127. The lowest BCUT2D eigenvalue weighted by Gasteiger charge is -1.99. The highest BCUT2D eigenvalue weighted by molar-refractivity contribution is 14.1. The molecule has 0 N–H and O–H groups in total. The van der Waals surface area contributed by atoms with E-state index in [1.165, 1.54) is 0 Å². The molecule has 0 saturated carbocycles. The average molecular weight is 290 g/mol. The Morgan fingerprint density at radius 3 is 2.75 bits per heavy atom. The summed E-state index contributed by atoms with van der Waals surface area (Å²) in [4.78, 5) is 8.34. The summed E-state index contributed by atoms with van der Waals surface area (Å²) in [5.41, 5.74) is 1.75. The topological polar surface area (TPSA) is 25.8 Å². The third-order valence-corrected chi connectivity index (χ3v) is 3.26. The van der Waals surface area contributed by atoms with Crippen LogP contribution < -0.4 is 0 Å². The quantitative estimate of drug-likeness (QED) is 0.697. The van der Waals surface area contributed by atoms with Crippen molar-refractivity contribution in [3.8, 4) is 0 Å². The van der Waals surface area contributed by atoms with Crippen LogP contribution in [0.4, 0.5) is 0 Å². The molecule has 4 heteroatoms. The molecule has 0 aliphatic carbocycles. The molecule has 2 rings (SSSR count). The maximum absolute atomic E-state index is 5.91. The summed E-state index contributed by atoms with van der Waals surface area (Å²) in [7, 11) is 0. The van der Waals surface area contributed by atoms with E-state index < -0.39 is 0 Å². The first-order valence-corrected chi connectivity index (χ1v) is 4.79. The molecule has 0 fully saturated rings. The van der Waals surface area contributed by atoms with Gasteiger partial charge in [-0.2, -0.15) is 0 Å². The first-order chi connectivity index (χ1) is 5.79. The molecule has 1 aromatic carbocycles. The Hall–Kier alpha value is -0.420. The van der Waals surface area contributed by atoms with E-state index in [-0.39, 0.29) is 0 Å². The summed E-state index contributed by atoms with van der Waals surface area (Å²) in [5, 5.41) is 0.726. The molecule has 0 amide bonds. The summed E-state index contributed by atoms with van der Waals surface area (Å²) in [6.07, 6.45) is 3.34. The van der Waals surface area contributed by atoms with Crippen LogP contribution >= 0.6 is 34.2 Å². The van der Waals surface area contributed by atoms with Gasteiger partial charge in [0.05, 0.1) is 14.1 Å². The van der Waals surface area contributed by atoms with Gasteiger partial charge in [0, 0.05) is 12.4 Å². The average Bonchev–Trinajstić information content (AvgIpc) is 2.12. The largest absolute Gasteiger partial charge is 0.253 e. The minimum Gasteiger partial charge on any atom is -0.253 e. The van der Waals surface area contributed by atoms with Crippen molar-refractivity contribution in [2.45, 2.75) is 0 Å². The van der Waals surface area contributed by atoms with Gasteiger partial charge in [0.2, 0.25) is 0 Å². The van der Waals surface area contributed by atoms with E-state index in [2.05, 4.69) is 32.6 Å². The fourth-order valence-corrected chi connectivity index (χ4v) is 1.73. The van der Waals surface area contributed by atoms with Gasteiger partial charge in [-0.15, -0.1) is 0 Å². The Morgan fingerprint density at radius 2 is 1.92 bits per heavy atom. The zero-order valence-electron chi connectivity index (χ0n) is 5.96. The third kappa shape index (κ3) is 1.27. The van der Waals surface area contributed by atoms with Crippen LogP contribution in [0.5, 0.6) is 0 Å². The van der Waals surface area contributed by atoms with Gasteiger partial charge in [0.15, 0.2) is 0 Å². The van der Waals surface area contributed by atoms with Crippen LogP contribution in [0, 0.1) is 3.57 Å². The molecule has 0 aliphatic rings. The molecule has 0 unspecified atom stereocenters. The second kappa shape index (κ2) is 3.14. The van der Waals surface area contributed by atoms with Crippen molar-refractivity contribution in [1.29, 1.82) is 0 Å². The van der Waals surface area contributed by atoms with Crippen molar-refractivity contribution in [2.24, 2.45) is 0 Å². The monoisotopic (exact) mass is 290 g/mol. The Balaban J connectivity index is 2.91. The first kappa shape index (κ1) is 8.19. The molecule has 1 heterocycles. The lowest BCUT2D eigenvalue weighted by Crippen LogP contribution is -1.85. The van der Waals surface area contributed by atoms with E-state index in [0.717, 1.165) is 19.6 Å². The lowest BCUT2D eigenvalue weighted by atomic mass is 10.3. The highest BCUT2D eigenvalue weighted by Crippen LogP contribution is 2.24. The molecular formula is C8H4ClIN2. The van der Waals surface area contributed by atoms with E-state index >= 15 is 0 Å². The molecule has 1 aromatic heterocycles. The molecular weight excluding hydrogens is 286 g/mol. The molecule has 2 nitrogen and oxygen atoms in total. The third-order valence-electron chi connectivity index (χ3n) is 1.53. The second-order valence-corrected chi connectivity index (χ2v) is 3.77. The minimum absolute atomic E-state index is 0.726. The van der Waals surface area contributed by atoms with Crippen molar-refractivity contribution in [3.05, 3.63) is 33.1 Å². The smallest absolute Gasteiger partial charge is 0.103 e. The van der Waals surface area contributed by atoms with Crippen LogP contribution in [0.2, 0.25) is 5.02 Å². The number of fused-ring (bicyclic) bond motifs is 1. The van der Waals surface area contributed by atoms with Gasteiger partial charge >= 0.3 is 0 Å². The fraction of sp³-hybridized carbons (Fsp3) is 0. The van der Waals surface area contributed by atoms with Crippen molar-refractivity contribution in [2.75, 3.05) is 0 Å². The van der Waals surface area contributed by atoms with Crippen LogP contribution in [0.25, 0.3) is 11.0 Å². The molecule has 0 bridgehead atoms. The maximum atomic E-state index is 5.91. The van der Waals surface area contributed by atoms with E-state index in [1.54, 1.807) is 12.4 Å². The van der Waals surface area contributed by atoms with Gasteiger partial charge in [-0.1, -0.05) is 11.6 Å². The number of rotatable bonds is 0. The van der Waals surface area contributed by atoms with Crippen LogP contribution in [0.15, 0.2) is 24.5 Å². The predicted octanol–water partition coefficient (Wildman–Crippen LogP) is 2.89. The Morgan fingerprint density at radius 1 is 1.17 bits per heavy atom. The minimum atomic E-state index is 0.726. The molecule has 0 radical (unpaired) electrons. The molecule has 2 aromatic rings.